The zero-order chi connectivity index (χ0) is 14.3. The minimum Gasteiger partial charge on any atom is -0.314 e. The fourth-order valence-electron chi connectivity index (χ4n) is 2.90. The topological polar surface area (TPSA) is 15.3 Å². The quantitative estimate of drug-likeness (QED) is 0.767. The highest BCUT2D eigenvalue weighted by Crippen LogP contribution is 2.26. The third-order valence-corrected chi connectivity index (χ3v) is 3.79. The Kier molecular flexibility index (Phi) is 7.15. The van der Waals surface area contributed by atoms with Crippen LogP contribution >= 0.6 is 0 Å². The summed E-state index contributed by atoms with van der Waals surface area (Å²) in [5, 5.41) is 3.47. The molecule has 0 amide bonds. The Morgan fingerprint density at radius 3 is 2.16 bits per heavy atom. The second kappa shape index (κ2) is 8.10. The molecule has 0 aromatic rings. The van der Waals surface area contributed by atoms with Gasteiger partial charge in [-0.2, -0.15) is 13.2 Å². The van der Waals surface area contributed by atoms with E-state index in [0.717, 1.165) is 45.1 Å². The number of rotatable bonds is 7. The average molecular weight is 280 g/mol. The predicted octanol–water partition coefficient (Wildman–Crippen LogP) is 3.57. The zero-order valence-electron chi connectivity index (χ0n) is 12.1. The summed E-state index contributed by atoms with van der Waals surface area (Å²) in [5.41, 5.74) is 0. The molecular weight excluding hydrogens is 253 g/mol. The van der Waals surface area contributed by atoms with Crippen LogP contribution in [0.5, 0.6) is 0 Å². The van der Waals surface area contributed by atoms with Gasteiger partial charge in [0, 0.05) is 12.1 Å². The first-order valence-electron chi connectivity index (χ1n) is 7.50. The average Bonchev–Trinajstić information content (AvgIpc) is 2.35. The van der Waals surface area contributed by atoms with E-state index in [1.807, 2.05) is 6.92 Å². The first-order valence-corrected chi connectivity index (χ1v) is 7.50. The van der Waals surface area contributed by atoms with Crippen LogP contribution in [-0.4, -0.2) is 42.8 Å². The normalized spacial score (nSPS) is 24.9. The molecule has 1 aliphatic rings. The molecule has 2 nitrogen and oxygen atoms in total. The number of nitrogens with one attached hydrogen (secondary N) is 1. The van der Waals surface area contributed by atoms with Crippen molar-refractivity contribution in [2.45, 2.75) is 70.6 Å². The van der Waals surface area contributed by atoms with Gasteiger partial charge in [-0.05, 0) is 51.6 Å². The molecule has 0 saturated heterocycles. The molecule has 1 fully saturated rings. The van der Waals surface area contributed by atoms with Crippen LogP contribution in [0.4, 0.5) is 13.2 Å². The molecule has 0 radical (unpaired) electrons. The lowest BCUT2D eigenvalue weighted by atomic mass is 9.90. The molecule has 0 heterocycles. The van der Waals surface area contributed by atoms with Gasteiger partial charge in [0.2, 0.25) is 0 Å². The lowest BCUT2D eigenvalue weighted by Crippen LogP contribution is -2.46. The van der Waals surface area contributed by atoms with E-state index in [0.29, 0.717) is 12.6 Å². The summed E-state index contributed by atoms with van der Waals surface area (Å²) in [6, 6.07) is 0.617. The second-order valence-electron chi connectivity index (χ2n) is 5.55. The molecule has 1 saturated carbocycles. The van der Waals surface area contributed by atoms with Gasteiger partial charge in [-0.15, -0.1) is 0 Å². The van der Waals surface area contributed by atoms with E-state index in [-0.39, 0.29) is 6.04 Å². The van der Waals surface area contributed by atoms with Crippen molar-refractivity contribution < 1.29 is 13.2 Å². The van der Waals surface area contributed by atoms with Gasteiger partial charge in [-0.25, -0.2) is 0 Å². The molecule has 0 atom stereocenters. The molecule has 1 aliphatic carbocycles. The molecular formula is C14H27F3N2. The van der Waals surface area contributed by atoms with Crippen molar-refractivity contribution in [3.05, 3.63) is 0 Å². The molecule has 1 rings (SSSR count). The van der Waals surface area contributed by atoms with Gasteiger partial charge in [0.15, 0.2) is 0 Å². The molecule has 0 aromatic heterocycles. The highest BCUT2D eigenvalue weighted by molar-refractivity contribution is 4.83. The van der Waals surface area contributed by atoms with Crippen LogP contribution in [0.15, 0.2) is 0 Å². The minimum atomic E-state index is -4.08. The summed E-state index contributed by atoms with van der Waals surface area (Å²) in [4.78, 5) is 1.63. The summed E-state index contributed by atoms with van der Waals surface area (Å²) in [6.07, 6.45) is 1.59. The standard InChI is InChI=1S/C14H27F3N2/c1-3-9-18-12-5-7-13(8-6-12)19(10-4-2)11-14(15,16)17/h12-13,18H,3-11H2,1-2H3. The molecule has 0 unspecified atom stereocenters. The Bertz CT molecular complexity index is 235. The molecule has 19 heavy (non-hydrogen) atoms. The van der Waals surface area contributed by atoms with Gasteiger partial charge in [-0.1, -0.05) is 13.8 Å². The Morgan fingerprint density at radius 2 is 1.68 bits per heavy atom. The first-order chi connectivity index (χ1) is 8.96. The Hall–Kier alpha value is -0.290. The second-order valence-corrected chi connectivity index (χ2v) is 5.55. The van der Waals surface area contributed by atoms with Gasteiger partial charge >= 0.3 is 6.18 Å². The number of alkyl halides is 3. The van der Waals surface area contributed by atoms with E-state index >= 15 is 0 Å². The Morgan fingerprint density at radius 1 is 1.05 bits per heavy atom. The van der Waals surface area contributed by atoms with Gasteiger partial charge in [-0.3, -0.25) is 4.90 Å². The number of hydrogen-bond acceptors (Lipinski definition) is 2. The van der Waals surface area contributed by atoms with E-state index in [9.17, 15) is 13.2 Å². The fourth-order valence-corrected chi connectivity index (χ4v) is 2.90. The Balaban J connectivity index is 2.41. The van der Waals surface area contributed by atoms with E-state index in [1.54, 1.807) is 4.90 Å². The van der Waals surface area contributed by atoms with Gasteiger partial charge in [0.1, 0.15) is 0 Å². The monoisotopic (exact) mass is 280 g/mol. The van der Waals surface area contributed by atoms with Crippen LogP contribution in [0, 0.1) is 0 Å². The maximum atomic E-state index is 12.6. The van der Waals surface area contributed by atoms with Crippen LogP contribution < -0.4 is 5.32 Å². The van der Waals surface area contributed by atoms with Crippen LogP contribution in [-0.2, 0) is 0 Å². The first kappa shape index (κ1) is 16.8. The van der Waals surface area contributed by atoms with E-state index in [2.05, 4.69) is 12.2 Å². The molecule has 114 valence electrons. The van der Waals surface area contributed by atoms with E-state index in [1.165, 1.54) is 0 Å². The highest BCUT2D eigenvalue weighted by atomic mass is 19.4. The lowest BCUT2D eigenvalue weighted by molar-refractivity contribution is -0.152. The van der Waals surface area contributed by atoms with E-state index in [4.69, 9.17) is 0 Å². The van der Waals surface area contributed by atoms with Crippen molar-refractivity contribution in [1.29, 1.82) is 0 Å². The summed E-state index contributed by atoms with van der Waals surface area (Å²) in [5.74, 6) is 0. The zero-order valence-corrected chi connectivity index (χ0v) is 12.1. The largest absolute Gasteiger partial charge is 0.401 e. The van der Waals surface area contributed by atoms with Crippen molar-refractivity contribution in [2.24, 2.45) is 0 Å². The van der Waals surface area contributed by atoms with Gasteiger partial charge in [0.05, 0.1) is 6.54 Å². The molecule has 5 heteroatoms. The number of halogens is 3. The molecule has 0 aliphatic heterocycles. The van der Waals surface area contributed by atoms with Crippen LogP contribution in [0.3, 0.4) is 0 Å². The number of nitrogens with zero attached hydrogens (tertiary/aromatic N) is 1. The van der Waals surface area contributed by atoms with Crippen molar-refractivity contribution >= 4 is 0 Å². The summed E-state index contributed by atoms with van der Waals surface area (Å²) in [6.45, 7) is 4.88. The molecule has 0 aromatic carbocycles. The smallest absolute Gasteiger partial charge is 0.314 e. The third-order valence-electron chi connectivity index (χ3n) is 3.79. The summed E-state index contributed by atoms with van der Waals surface area (Å²) in [7, 11) is 0. The van der Waals surface area contributed by atoms with Crippen LogP contribution in [0.25, 0.3) is 0 Å². The predicted molar refractivity (Wildman–Crippen MR) is 72.3 cm³/mol. The maximum Gasteiger partial charge on any atom is 0.401 e. The summed E-state index contributed by atoms with van der Waals surface area (Å²) < 4.78 is 37.7. The highest BCUT2D eigenvalue weighted by Gasteiger charge is 2.34. The van der Waals surface area contributed by atoms with Crippen LogP contribution in [0.2, 0.25) is 0 Å². The third kappa shape index (κ3) is 6.61. The van der Waals surface area contributed by atoms with Gasteiger partial charge in [0.25, 0.3) is 0 Å². The molecule has 0 spiro atoms. The minimum absolute atomic E-state index is 0.112. The molecule has 1 N–H and O–H groups in total. The SMILES string of the molecule is CCCNC1CCC(N(CCC)CC(F)(F)F)CC1. The van der Waals surface area contributed by atoms with Crippen molar-refractivity contribution in [3.8, 4) is 0 Å². The van der Waals surface area contributed by atoms with Crippen molar-refractivity contribution in [1.82, 2.24) is 10.2 Å². The van der Waals surface area contributed by atoms with E-state index < -0.39 is 12.7 Å². The summed E-state index contributed by atoms with van der Waals surface area (Å²) >= 11 is 0. The fraction of sp³-hybridized carbons (Fsp3) is 1.00. The van der Waals surface area contributed by atoms with Crippen LogP contribution in [0.1, 0.15) is 52.4 Å². The Labute approximate surface area is 114 Å². The number of hydrogen-bond donors (Lipinski definition) is 1. The maximum absolute atomic E-state index is 12.6. The molecule has 0 bridgehead atoms. The van der Waals surface area contributed by atoms with Crippen molar-refractivity contribution in [2.75, 3.05) is 19.6 Å². The lowest BCUT2D eigenvalue weighted by Gasteiger charge is -2.37. The van der Waals surface area contributed by atoms with Crippen molar-refractivity contribution in [3.63, 3.8) is 0 Å². The van der Waals surface area contributed by atoms with Gasteiger partial charge < -0.3 is 5.32 Å².